The molecule has 9 heteroatoms. The lowest BCUT2D eigenvalue weighted by atomic mass is 10.0. The monoisotopic (exact) mass is 439 g/mol. The molecule has 1 fully saturated rings. The molecule has 0 amide bonds. The number of nitrogens with zero attached hydrogens (tertiary/aromatic N) is 3. The maximum atomic E-state index is 14.2. The van der Waals surface area contributed by atoms with Gasteiger partial charge >= 0.3 is 0 Å². The van der Waals surface area contributed by atoms with Gasteiger partial charge in [-0.25, -0.2) is 8.78 Å². The summed E-state index contributed by atoms with van der Waals surface area (Å²) in [7, 11) is -4.04. The molecule has 0 atom stereocenters. The van der Waals surface area contributed by atoms with Gasteiger partial charge in [-0.1, -0.05) is 35.4 Å². The quantitative estimate of drug-likeness (QED) is 0.584. The van der Waals surface area contributed by atoms with Crippen LogP contribution >= 0.6 is 11.6 Å². The minimum atomic E-state index is -4.04. The molecule has 2 aromatic carbocycles. The highest BCUT2D eigenvalue weighted by atomic mass is 35.5. The van der Waals surface area contributed by atoms with Gasteiger partial charge in [0.2, 0.25) is 0 Å². The number of rotatable bonds is 3. The van der Waals surface area contributed by atoms with E-state index in [9.17, 15) is 17.2 Å². The van der Waals surface area contributed by atoms with Crippen molar-refractivity contribution < 1.29 is 17.2 Å². The zero-order chi connectivity index (χ0) is 21.2. The van der Waals surface area contributed by atoms with Crippen LogP contribution in [0.4, 0.5) is 14.6 Å². The molecule has 0 spiro atoms. The van der Waals surface area contributed by atoms with Crippen molar-refractivity contribution in [3.05, 3.63) is 53.1 Å². The molecular formula is C20H20ClF2N3O2S. The fourth-order valence-electron chi connectivity index (χ4n) is 3.86. The van der Waals surface area contributed by atoms with Crippen molar-refractivity contribution in [3.8, 4) is 0 Å². The maximum Gasteiger partial charge on any atom is 0.283 e. The predicted octanol–water partition coefficient (Wildman–Crippen LogP) is 4.86. The molecule has 0 unspecified atom stereocenters. The van der Waals surface area contributed by atoms with E-state index in [1.54, 1.807) is 44.2 Å². The van der Waals surface area contributed by atoms with Crippen LogP contribution in [0.3, 0.4) is 0 Å². The maximum absolute atomic E-state index is 14.2. The Balaban J connectivity index is 1.97. The molecule has 1 aliphatic rings. The number of halogens is 3. The molecule has 4 rings (SSSR count). The molecule has 3 aromatic rings. The first kappa shape index (κ1) is 20.1. The van der Waals surface area contributed by atoms with Gasteiger partial charge in [0.25, 0.3) is 15.9 Å². The number of aromatic nitrogens is 2. The van der Waals surface area contributed by atoms with Crippen molar-refractivity contribution in [2.24, 2.45) is 0 Å². The lowest BCUT2D eigenvalue weighted by Crippen LogP contribution is -2.38. The van der Waals surface area contributed by atoms with E-state index in [4.69, 9.17) is 11.6 Å². The zero-order valence-electron chi connectivity index (χ0n) is 16.2. The summed E-state index contributed by atoms with van der Waals surface area (Å²) in [5.41, 5.74) is 0.251. The minimum Gasteiger partial charge on any atom is -0.343 e. The summed E-state index contributed by atoms with van der Waals surface area (Å²) < 4.78 is 55.8. The minimum absolute atomic E-state index is 0.0602. The second kappa shape index (κ2) is 6.40. The fraction of sp³-hybridized carbons (Fsp3) is 0.350. The number of benzene rings is 2. The van der Waals surface area contributed by atoms with Crippen molar-refractivity contribution in [1.82, 2.24) is 9.19 Å². The molecule has 29 heavy (non-hydrogen) atoms. The van der Waals surface area contributed by atoms with Crippen LogP contribution in [-0.2, 0) is 10.0 Å². The standard InChI is InChI=1S/C20H20ClF2N3O2S/c1-13-7-9-14(10-8-13)29(27,28)26-16-6-4-5-15(21)17(16)18(24-26)25-12-20(22,23)11-19(25,2)3/h4-10H,11-12H2,1-3H3. The first-order valence-electron chi connectivity index (χ1n) is 9.07. The Hall–Kier alpha value is -2.19. The Bertz CT molecular complexity index is 1200. The van der Waals surface area contributed by atoms with E-state index in [0.717, 1.165) is 9.65 Å². The molecule has 5 nitrogen and oxygen atoms in total. The Labute approximate surface area is 172 Å². The molecule has 0 bridgehead atoms. The molecule has 0 N–H and O–H groups in total. The van der Waals surface area contributed by atoms with Crippen molar-refractivity contribution in [2.75, 3.05) is 11.4 Å². The SMILES string of the molecule is Cc1ccc(S(=O)(=O)n2nc(N3CC(F)(F)CC3(C)C)c3c(Cl)cccc32)cc1. The third-order valence-electron chi connectivity index (χ3n) is 5.22. The topological polar surface area (TPSA) is 55.2 Å². The summed E-state index contributed by atoms with van der Waals surface area (Å²) in [4.78, 5) is 1.51. The van der Waals surface area contributed by atoms with E-state index in [1.807, 2.05) is 6.92 Å². The van der Waals surface area contributed by atoms with Gasteiger partial charge in [0.1, 0.15) is 0 Å². The first-order chi connectivity index (χ1) is 13.4. The molecule has 1 saturated heterocycles. The fourth-order valence-corrected chi connectivity index (χ4v) is 5.39. The van der Waals surface area contributed by atoms with Crippen LogP contribution in [-0.4, -0.2) is 35.6 Å². The third-order valence-corrected chi connectivity index (χ3v) is 7.14. The van der Waals surface area contributed by atoms with Gasteiger partial charge in [0.15, 0.2) is 5.82 Å². The van der Waals surface area contributed by atoms with Crippen LogP contribution in [0, 0.1) is 6.92 Å². The highest BCUT2D eigenvalue weighted by Crippen LogP contribution is 2.45. The van der Waals surface area contributed by atoms with Crippen molar-refractivity contribution in [3.63, 3.8) is 0 Å². The van der Waals surface area contributed by atoms with Gasteiger partial charge in [-0.05, 0) is 45.0 Å². The predicted molar refractivity (Wildman–Crippen MR) is 109 cm³/mol. The molecule has 1 aromatic heterocycles. The number of hydrogen-bond donors (Lipinski definition) is 0. The van der Waals surface area contributed by atoms with E-state index in [-0.39, 0.29) is 27.7 Å². The number of fused-ring (bicyclic) bond motifs is 1. The molecule has 0 saturated carbocycles. The molecular weight excluding hydrogens is 420 g/mol. The lowest BCUT2D eigenvalue weighted by molar-refractivity contribution is 0.0184. The van der Waals surface area contributed by atoms with Gasteiger partial charge in [-0.15, -0.1) is 5.10 Å². The van der Waals surface area contributed by atoms with Gasteiger partial charge in [-0.2, -0.15) is 12.5 Å². The lowest BCUT2D eigenvalue weighted by Gasteiger charge is -2.30. The summed E-state index contributed by atoms with van der Waals surface area (Å²) in [5, 5.41) is 4.90. The molecule has 0 radical (unpaired) electrons. The highest BCUT2D eigenvalue weighted by Gasteiger charge is 2.51. The van der Waals surface area contributed by atoms with E-state index < -0.39 is 28.0 Å². The largest absolute Gasteiger partial charge is 0.343 e. The third kappa shape index (κ3) is 3.28. The van der Waals surface area contributed by atoms with Crippen molar-refractivity contribution in [1.29, 1.82) is 0 Å². The van der Waals surface area contributed by atoms with E-state index in [2.05, 4.69) is 5.10 Å². The second-order valence-corrected chi connectivity index (χ2v) is 10.2. The normalized spacial score (nSPS) is 18.5. The van der Waals surface area contributed by atoms with Crippen LogP contribution in [0.5, 0.6) is 0 Å². The first-order valence-corrected chi connectivity index (χ1v) is 10.9. The number of aryl methyl sites for hydroxylation is 1. The van der Waals surface area contributed by atoms with Gasteiger partial charge in [0, 0.05) is 12.0 Å². The number of anilines is 1. The van der Waals surface area contributed by atoms with Crippen molar-refractivity contribution >= 4 is 38.3 Å². The summed E-state index contributed by atoms with van der Waals surface area (Å²) in [5.74, 6) is -2.76. The van der Waals surface area contributed by atoms with Crippen LogP contribution in [0.2, 0.25) is 5.02 Å². The Morgan fingerprint density at radius 2 is 1.76 bits per heavy atom. The van der Waals surface area contributed by atoms with E-state index in [1.165, 1.54) is 17.0 Å². The summed E-state index contributed by atoms with van der Waals surface area (Å²) in [6.07, 6.45) is -0.358. The zero-order valence-corrected chi connectivity index (χ0v) is 17.7. The summed E-state index contributed by atoms with van der Waals surface area (Å²) in [6.45, 7) is 4.67. The Kier molecular flexibility index (Phi) is 4.44. The van der Waals surface area contributed by atoms with Crippen LogP contribution in [0.1, 0.15) is 25.8 Å². The van der Waals surface area contributed by atoms with E-state index in [0.29, 0.717) is 5.39 Å². The molecule has 154 valence electrons. The average molecular weight is 440 g/mol. The molecule has 2 heterocycles. The summed E-state index contributed by atoms with van der Waals surface area (Å²) in [6, 6.07) is 11.2. The number of hydrogen-bond acceptors (Lipinski definition) is 4. The Morgan fingerprint density at radius 1 is 1.10 bits per heavy atom. The highest BCUT2D eigenvalue weighted by molar-refractivity contribution is 7.90. The van der Waals surface area contributed by atoms with Crippen LogP contribution in [0.25, 0.3) is 10.9 Å². The van der Waals surface area contributed by atoms with Crippen LogP contribution < -0.4 is 4.90 Å². The molecule has 1 aliphatic heterocycles. The molecule has 0 aliphatic carbocycles. The van der Waals surface area contributed by atoms with Gasteiger partial charge in [-0.3, -0.25) is 0 Å². The van der Waals surface area contributed by atoms with Gasteiger partial charge < -0.3 is 4.90 Å². The second-order valence-electron chi connectivity index (χ2n) is 8.05. The number of alkyl halides is 2. The van der Waals surface area contributed by atoms with Crippen molar-refractivity contribution in [2.45, 2.75) is 43.5 Å². The van der Waals surface area contributed by atoms with Crippen LogP contribution in [0.15, 0.2) is 47.4 Å². The summed E-state index contributed by atoms with van der Waals surface area (Å²) >= 11 is 6.37. The van der Waals surface area contributed by atoms with E-state index >= 15 is 0 Å². The average Bonchev–Trinajstić information content (AvgIpc) is 3.10. The Morgan fingerprint density at radius 3 is 2.34 bits per heavy atom. The smallest absolute Gasteiger partial charge is 0.283 e. The van der Waals surface area contributed by atoms with Gasteiger partial charge in [0.05, 0.1) is 27.4 Å².